The molecule has 22 heavy (non-hydrogen) atoms. The Kier molecular flexibility index (Phi) is 6.82. The van der Waals surface area contributed by atoms with E-state index in [4.69, 9.17) is 21.1 Å². The van der Waals surface area contributed by atoms with Crippen molar-refractivity contribution in [3.63, 3.8) is 0 Å². The first kappa shape index (κ1) is 17.4. The van der Waals surface area contributed by atoms with E-state index in [0.29, 0.717) is 6.61 Å². The first-order valence-electron chi connectivity index (χ1n) is 7.25. The number of halogens is 1. The van der Waals surface area contributed by atoms with E-state index in [9.17, 15) is 15.3 Å². The Balaban J connectivity index is 1.85. The van der Waals surface area contributed by atoms with E-state index in [1.165, 1.54) is 5.56 Å². The van der Waals surface area contributed by atoms with Crippen molar-refractivity contribution in [2.75, 3.05) is 13.2 Å². The largest absolute Gasteiger partial charge is 0.394 e. The third kappa shape index (κ3) is 4.29. The van der Waals surface area contributed by atoms with Crippen LogP contribution in [-0.4, -0.2) is 53.1 Å². The minimum Gasteiger partial charge on any atom is -0.394 e. The summed E-state index contributed by atoms with van der Waals surface area (Å²) in [6.07, 6.45) is -2.54. The molecule has 1 fully saturated rings. The van der Waals surface area contributed by atoms with Gasteiger partial charge in [-0.1, -0.05) is 41.9 Å². The summed E-state index contributed by atoms with van der Waals surface area (Å²) in [7, 11) is 0. The molecule has 0 saturated carbocycles. The van der Waals surface area contributed by atoms with Crippen LogP contribution >= 0.6 is 11.6 Å². The second-order valence-electron chi connectivity index (χ2n) is 5.19. The molecule has 0 aliphatic carbocycles. The monoisotopic (exact) mass is 328 g/mol. The number of aryl methyl sites for hydroxylation is 1. The molecular weight excluding hydrogens is 308 g/mol. The van der Waals surface area contributed by atoms with Gasteiger partial charge in [-0.3, -0.25) is 0 Å². The fraction of sp³-hybridized carbons (Fsp3) is 0.500. The topological polar surface area (TPSA) is 79.2 Å². The molecule has 5 nitrogen and oxygen atoms in total. The molecule has 0 amide bonds. The Labute approximate surface area is 134 Å². The maximum absolute atomic E-state index is 9.97. The van der Waals surface area contributed by atoms with Gasteiger partial charge in [-0.2, -0.15) is 0 Å². The second-order valence-corrected chi connectivity index (χ2v) is 5.41. The molecule has 1 aromatic rings. The normalized spacial score (nSPS) is 30.6. The molecule has 4 atom stereocenters. The Bertz CT molecular complexity index is 479. The van der Waals surface area contributed by atoms with Gasteiger partial charge in [0.15, 0.2) is 6.29 Å². The number of aliphatic hydroxyl groups excluding tert-OH is 3. The predicted octanol–water partition coefficient (Wildman–Crippen LogP) is 1.20. The van der Waals surface area contributed by atoms with Crippen molar-refractivity contribution in [3.05, 3.63) is 47.0 Å². The maximum Gasteiger partial charge on any atom is 0.184 e. The van der Waals surface area contributed by atoms with Crippen LogP contribution in [-0.2, 0) is 15.9 Å². The van der Waals surface area contributed by atoms with Crippen LogP contribution in [0.3, 0.4) is 0 Å². The lowest BCUT2D eigenvalue weighted by Crippen LogP contribution is -2.52. The van der Waals surface area contributed by atoms with Crippen molar-refractivity contribution in [1.29, 1.82) is 0 Å². The predicted molar refractivity (Wildman–Crippen MR) is 82.4 cm³/mol. The first-order valence-corrected chi connectivity index (χ1v) is 7.69. The Morgan fingerprint density at radius 3 is 2.59 bits per heavy atom. The lowest BCUT2D eigenvalue weighted by Gasteiger charge is -2.37. The Hall–Kier alpha value is -0.950. The Morgan fingerprint density at radius 2 is 1.95 bits per heavy atom. The van der Waals surface area contributed by atoms with Gasteiger partial charge in [-0.15, -0.1) is 0 Å². The zero-order valence-corrected chi connectivity index (χ0v) is 12.9. The van der Waals surface area contributed by atoms with Crippen molar-refractivity contribution < 1.29 is 24.8 Å². The van der Waals surface area contributed by atoms with Crippen LogP contribution < -0.4 is 0 Å². The summed E-state index contributed by atoms with van der Waals surface area (Å²) in [6.45, 7) is 0.00637. The summed E-state index contributed by atoms with van der Waals surface area (Å²) in [4.78, 5) is 0. The highest BCUT2D eigenvalue weighted by molar-refractivity contribution is 6.25. The van der Waals surface area contributed by atoms with Gasteiger partial charge in [0.2, 0.25) is 0 Å². The van der Waals surface area contributed by atoms with Crippen LogP contribution in [0.4, 0.5) is 0 Å². The van der Waals surface area contributed by atoms with Crippen molar-refractivity contribution in [2.24, 2.45) is 0 Å². The molecule has 1 aliphatic rings. The van der Waals surface area contributed by atoms with Crippen LogP contribution in [0.2, 0.25) is 0 Å². The number of benzene rings is 1. The first-order chi connectivity index (χ1) is 10.7. The van der Waals surface area contributed by atoms with Gasteiger partial charge < -0.3 is 24.8 Å². The van der Waals surface area contributed by atoms with E-state index in [-0.39, 0.29) is 5.57 Å². The summed E-state index contributed by atoms with van der Waals surface area (Å²) in [5.41, 5.74) is 2.63. The fourth-order valence-electron chi connectivity index (χ4n) is 2.37. The van der Waals surface area contributed by atoms with Crippen LogP contribution in [0, 0.1) is 0 Å². The molecule has 1 heterocycles. The highest BCUT2D eigenvalue weighted by atomic mass is 35.5. The molecular formula is C16H21ClO5. The molecule has 0 radical (unpaired) electrons. The van der Waals surface area contributed by atoms with E-state index in [0.717, 1.165) is 18.4 Å². The van der Waals surface area contributed by atoms with Gasteiger partial charge in [-0.25, -0.2) is 0 Å². The van der Waals surface area contributed by atoms with Crippen molar-refractivity contribution in [1.82, 2.24) is 0 Å². The molecule has 1 aromatic carbocycles. The van der Waals surface area contributed by atoms with E-state index in [1.54, 1.807) is 0 Å². The SMILES string of the molecule is OC[C@H]1O[C@H](OCCCc2ccccc2)/C(=C\Cl)[C@@H](O)[C@@H]1O. The molecule has 6 heteroatoms. The zero-order chi connectivity index (χ0) is 15.9. The number of rotatable bonds is 6. The molecule has 2 rings (SSSR count). The number of hydrogen-bond donors (Lipinski definition) is 3. The molecule has 3 N–H and O–H groups in total. The third-order valence-electron chi connectivity index (χ3n) is 3.64. The third-order valence-corrected chi connectivity index (χ3v) is 3.90. The lowest BCUT2D eigenvalue weighted by molar-refractivity contribution is -0.225. The number of aliphatic hydroxyl groups is 3. The summed E-state index contributed by atoms with van der Waals surface area (Å²) in [5.74, 6) is 0. The fourth-order valence-corrected chi connectivity index (χ4v) is 2.60. The molecule has 0 unspecified atom stereocenters. The summed E-state index contributed by atoms with van der Waals surface area (Å²) < 4.78 is 11.0. The van der Waals surface area contributed by atoms with Gasteiger partial charge >= 0.3 is 0 Å². The van der Waals surface area contributed by atoms with Gasteiger partial charge in [0.25, 0.3) is 0 Å². The molecule has 1 aliphatic heterocycles. The smallest absolute Gasteiger partial charge is 0.184 e. The maximum atomic E-state index is 9.97. The highest BCUT2D eigenvalue weighted by Crippen LogP contribution is 2.27. The minimum atomic E-state index is -1.22. The van der Waals surface area contributed by atoms with Crippen molar-refractivity contribution in [3.8, 4) is 0 Å². The quantitative estimate of drug-likeness (QED) is 0.684. The van der Waals surface area contributed by atoms with E-state index >= 15 is 0 Å². The van der Waals surface area contributed by atoms with Gasteiger partial charge in [0, 0.05) is 11.1 Å². The van der Waals surface area contributed by atoms with Crippen LogP contribution in [0.15, 0.2) is 41.4 Å². The van der Waals surface area contributed by atoms with Gasteiger partial charge in [-0.05, 0) is 18.4 Å². The second kappa shape index (κ2) is 8.62. The van der Waals surface area contributed by atoms with Crippen LogP contribution in [0.1, 0.15) is 12.0 Å². The Morgan fingerprint density at radius 1 is 1.23 bits per heavy atom. The van der Waals surface area contributed by atoms with E-state index in [1.807, 2.05) is 30.3 Å². The zero-order valence-electron chi connectivity index (χ0n) is 12.1. The van der Waals surface area contributed by atoms with Crippen LogP contribution in [0.5, 0.6) is 0 Å². The van der Waals surface area contributed by atoms with E-state index in [2.05, 4.69) is 0 Å². The molecule has 1 saturated heterocycles. The van der Waals surface area contributed by atoms with Crippen molar-refractivity contribution in [2.45, 2.75) is 37.4 Å². The van der Waals surface area contributed by atoms with Gasteiger partial charge in [0.05, 0.1) is 13.2 Å². The number of hydrogen-bond acceptors (Lipinski definition) is 5. The average Bonchev–Trinajstić information content (AvgIpc) is 2.55. The standard InChI is InChI=1S/C16H21ClO5/c17-9-12-14(19)15(20)13(10-18)22-16(12)21-8-4-7-11-5-2-1-3-6-11/h1-3,5-6,9,13-16,18-20H,4,7-8,10H2/b12-9-/t13-,14-,15-,16+/m1/s1. The lowest BCUT2D eigenvalue weighted by atomic mass is 9.98. The van der Waals surface area contributed by atoms with E-state index < -0.39 is 31.2 Å². The summed E-state index contributed by atoms with van der Waals surface area (Å²) in [6, 6.07) is 10.0. The molecule has 0 spiro atoms. The summed E-state index contributed by atoms with van der Waals surface area (Å²) >= 11 is 5.68. The highest BCUT2D eigenvalue weighted by Gasteiger charge is 2.40. The number of ether oxygens (including phenoxy) is 2. The summed E-state index contributed by atoms with van der Waals surface area (Å²) in [5, 5.41) is 28.9. The van der Waals surface area contributed by atoms with Crippen LogP contribution in [0.25, 0.3) is 0 Å². The molecule has 0 bridgehead atoms. The van der Waals surface area contributed by atoms with Gasteiger partial charge in [0.1, 0.15) is 18.3 Å². The van der Waals surface area contributed by atoms with Crippen molar-refractivity contribution >= 4 is 11.6 Å². The average molecular weight is 329 g/mol. The molecule has 122 valence electrons. The minimum absolute atomic E-state index is 0.263. The molecule has 0 aromatic heterocycles.